The molecule has 0 spiro atoms. The van der Waals surface area contributed by atoms with Crippen LogP contribution in [0.5, 0.6) is 0 Å². The van der Waals surface area contributed by atoms with Crippen molar-refractivity contribution in [3.8, 4) is 5.69 Å². The molecule has 2 aromatic heterocycles. The van der Waals surface area contributed by atoms with Gasteiger partial charge in [-0.2, -0.15) is 0 Å². The zero-order valence-corrected chi connectivity index (χ0v) is 10.6. The third-order valence-corrected chi connectivity index (χ3v) is 2.96. The van der Waals surface area contributed by atoms with Gasteiger partial charge in [0.25, 0.3) is 0 Å². The lowest BCUT2D eigenvalue weighted by Gasteiger charge is -2.03. The van der Waals surface area contributed by atoms with Gasteiger partial charge in [0.05, 0.1) is 30.6 Å². The number of hydrogen-bond acceptors (Lipinski definition) is 2. The fourth-order valence-corrected chi connectivity index (χ4v) is 1.99. The molecule has 4 nitrogen and oxygen atoms in total. The lowest BCUT2D eigenvalue weighted by Crippen LogP contribution is -1.97. The van der Waals surface area contributed by atoms with Crippen LogP contribution >= 0.6 is 11.6 Å². The van der Waals surface area contributed by atoms with E-state index in [1.807, 2.05) is 10.8 Å². The quantitative estimate of drug-likeness (QED) is 0.737. The summed E-state index contributed by atoms with van der Waals surface area (Å²) in [4.78, 5) is 8.21. The molecule has 0 aliphatic rings. The maximum absolute atomic E-state index is 13.8. The Labute approximate surface area is 114 Å². The van der Waals surface area contributed by atoms with Gasteiger partial charge in [0.15, 0.2) is 0 Å². The van der Waals surface area contributed by atoms with E-state index in [0.717, 1.165) is 5.69 Å². The molecule has 0 aliphatic carbocycles. The Bertz CT molecular complexity index is 690. The van der Waals surface area contributed by atoms with Crippen LogP contribution in [0.25, 0.3) is 5.69 Å². The van der Waals surface area contributed by atoms with Gasteiger partial charge in [-0.15, -0.1) is 0 Å². The molecule has 19 heavy (non-hydrogen) atoms. The molecule has 0 atom stereocenters. The first-order chi connectivity index (χ1) is 9.22. The first kappa shape index (κ1) is 11.9. The van der Waals surface area contributed by atoms with Gasteiger partial charge in [-0.1, -0.05) is 11.6 Å². The van der Waals surface area contributed by atoms with Crippen molar-refractivity contribution in [2.24, 2.45) is 0 Å². The second-order valence-electron chi connectivity index (χ2n) is 4.10. The van der Waals surface area contributed by atoms with Crippen molar-refractivity contribution in [3.63, 3.8) is 0 Å². The SMILES string of the molecule is Fc1cc(Cl)ccc1-n1cnc(Cn2ccnc2)c1. The predicted octanol–water partition coefficient (Wildman–Crippen LogP) is 2.91. The Hall–Kier alpha value is -2.14. The van der Waals surface area contributed by atoms with Crippen molar-refractivity contribution in [2.45, 2.75) is 6.54 Å². The van der Waals surface area contributed by atoms with Crippen molar-refractivity contribution in [1.82, 2.24) is 19.1 Å². The standard InChI is InChI=1S/C13H10ClFN4/c14-10-1-2-13(12(15)5-10)19-7-11(17-9-19)6-18-4-3-16-8-18/h1-5,7-9H,6H2. The molecule has 6 heteroatoms. The highest BCUT2D eigenvalue weighted by atomic mass is 35.5. The van der Waals surface area contributed by atoms with Crippen LogP contribution in [0, 0.1) is 5.82 Å². The molecule has 1 aromatic carbocycles. The highest BCUT2D eigenvalue weighted by molar-refractivity contribution is 6.30. The van der Waals surface area contributed by atoms with Gasteiger partial charge in [-0.3, -0.25) is 0 Å². The van der Waals surface area contributed by atoms with Crippen LogP contribution < -0.4 is 0 Å². The molecule has 0 bridgehead atoms. The summed E-state index contributed by atoms with van der Waals surface area (Å²) in [5.74, 6) is -0.376. The molecule has 96 valence electrons. The Morgan fingerprint density at radius 1 is 1.26 bits per heavy atom. The number of halogens is 2. The molecule has 0 amide bonds. The number of rotatable bonds is 3. The number of aromatic nitrogens is 4. The first-order valence-electron chi connectivity index (χ1n) is 5.66. The summed E-state index contributed by atoms with van der Waals surface area (Å²) >= 11 is 5.73. The van der Waals surface area contributed by atoms with Crippen molar-refractivity contribution >= 4 is 11.6 Å². The molecule has 0 saturated heterocycles. The predicted molar refractivity (Wildman–Crippen MR) is 69.9 cm³/mol. The topological polar surface area (TPSA) is 35.6 Å². The highest BCUT2D eigenvalue weighted by Crippen LogP contribution is 2.18. The van der Waals surface area contributed by atoms with Gasteiger partial charge in [0, 0.05) is 23.6 Å². The second kappa shape index (κ2) is 4.85. The minimum atomic E-state index is -0.376. The Morgan fingerprint density at radius 3 is 2.89 bits per heavy atom. The largest absolute Gasteiger partial charge is 0.331 e. The minimum Gasteiger partial charge on any atom is -0.331 e. The van der Waals surface area contributed by atoms with Crippen molar-refractivity contribution in [2.75, 3.05) is 0 Å². The molecular formula is C13H10ClFN4. The molecule has 0 radical (unpaired) electrons. The summed E-state index contributed by atoms with van der Waals surface area (Å²) in [5.41, 5.74) is 1.25. The number of imidazole rings is 2. The zero-order valence-electron chi connectivity index (χ0n) is 9.87. The molecule has 0 N–H and O–H groups in total. The van der Waals surface area contributed by atoms with Gasteiger partial charge in [-0.25, -0.2) is 14.4 Å². The van der Waals surface area contributed by atoms with E-state index in [2.05, 4.69) is 9.97 Å². The molecule has 0 saturated carbocycles. The van der Waals surface area contributed by atoms with E-state index in [1.165, 1.54) is 6.07 Å². The van der Waals surface area contributed by atoms with Gasteiger partial charge >= 0.3 is 0 Å². The van der Waals surface area contributed by atoms with Crippen molar-refractivity contribution < 1.29 is 4.39 Å². The van der Waals surface area contributed by atoms with E-state index in [9.17, 15) is 4.39 Å². The van der Waals surface area contributed by atoms with E-state index in [0.29, 0.717) is 17.3 Å². The third-order valence-electron chi connectivity index (χ3n) is 2.73. The number of benzene rings is 1. The van der Waals surface area contributed by atoms with Gasteiger partial charge in [-0.05, 0) is 18.2 Å². The van der Waals surface area contributed by atoms with Crippen LogP contribution in [0.1, 0.15) is 5.69 Å². The summed E-state index contributed by atoms with van der Waals surface area (Å²) in [5, 5.41) is 0.375. The average Bonchev–Trinajstić information content (AvgIpc) is 3.01. The monoisotopic (exact) mass is 276 g/mol. The van der Waals surface area contributed by atoms with Crippen LogP contribution in [0.2, 0.25) is 5.02 Å². The summed E-state index contributed by atoms with van der Waals surface area (Å²) < 4.78 is 17.3. The van der Waals surface area contributed by atoms with Crippen LogP contribution in [0.15, 0.2) is 49.4 Å². The van der Waals surface area contributed by atoms with Crippen LogP contribution in [0.4, 0.5) is 4.39 Å². The molecule has 0 aliphatic heterocycles. The smallest absolute Gasteiger partial charge is 0.148 e. The fourth-order valence-electron chi connectivity index (χ4n) is 1.83. The van der Waals surface area contributed by atoms with E-state index < -0.39 is 0 Å². The maximum atomic E-state index is 13.8. The molecule has 3 rings (SSSR count). The molecule has 0 unspecified atom stereocenters. The second-order valence-corrected chi connectivity index (χ2v) is 4.54. The fraction of sp³-hybridized carbons (Fsp3) is 0.0769. The Balaban J connectivity index is 1.88. The van der Waals surface area contributed by atoms with Gasteiger partial charge < -0.3 is 9.13 Å². The van der Waals surface area contributed by atoms with Gasteiger partial charge in [0.2, 0.25) is 0 Å². The average molecular weight is 277 g/mol. The number of hydrogen-bond donors (Lipinski definition) is 0. The molecular weight excluding hydrogens is 267 g/mol. The van der Waals surface area contributed by atoms with Crippen LogP contribution in [-0.2, 0) is 6.54 Å². The van der Waals surface area contributed by atoms with Crippen molar-refractivity contribution in [1.29, 1.82) is 0 Å². The van der Waals surface area contributed by atoms with E-state index in [4.69, 9.17) is 11.6 Å². The van der Waals surface area contributed by atoms with Crippen LogP contribution in [-0.4, -0.2) is 19.1 Å². The van der Waals surface area contributed by atoms with E-state index >= 15 is 0 Å². The van der Waals surface area contributed by atoms with Gasteiger partial charge in [0.1, 0.15) is 5.82 Å². The zero-order chi connectivity index (χ0) is 13.2. The molecule has 2 heterocycles. The lowest BCUT2D eigenvalue weighted by molar-refractivity contribution is 0.618. The summed E-state index contributed by atoms with van der Waals surface area (Å²) in [7, 11) is 0. The van der Waals surface area contributed by atoms with E-state index in [1.54, 1.807) is 41.7 Å². The lowest BCUT2D eigenvalue weighted by atomic mass is 10.3. The highest BCUT2D eigenvalue weighted by Gasteiger charge is 2.07. The Morgan fingerprint density at radius 2 is 2.16 bits per heavy atom. The maximum Gasteiger partial charge on any atom is 0.148 e. The summed E-state index contributed by atoms with van der Waals surface area (Å²) in [6.45, 7) is 0.599. The molecule has 0 fully saturated rings. The normalized spacial score (nSPS) is 10.8. The minimum absolute atomic E-state index is 0.375. The van der Waals surface area contributed by atoms with Crippen molar-refractivity contribution in [3.05, 3.63) is 66.0 Å². The summed E-state index contributed by atoms with van der Waals surface area (Å²) in [6, 6.07) is 4.56. The first-order valence-corrected chi connectivity index (χ1v) is 6.04. The summed E-state index contributed by atoms with van der Waals surface area (Å²) in [6.07, 6.45) is 8.63. The van der Waals surface area contributed by atoms with Crippen LogP contribution in [0.3, 0.4) is 0 Å². The Kier molecular flexibility index (Phi) is 3.05. The number of nitrogens with zero attached hydrogens (tertiary/aromatic N) is 4. The molecule has 3 aromatic rings. The van der Waals surface area contributed by atoms with E-state index in [-0.39, 0.29) is 5.82 Å². The third kappa shape index (κ3) is 2.51.